The number of carbonyl (C=O) groups excluding carboxylic acids is 1. The molecule has 1 unspecified atom stereocenters. The lowest BCUT2D eigenvalue weighted by Crippen LogP contribution is -2.32. The molecule has 0 spiro atoms. The lowest BCUT2D eigenvalue weighted by Gasteiger charge is -2.09. The van der Waals surface area contributed by atoms with Crippen LogP contribution in [-0.2, 0) is 15.3 Å². The molecule has 0 saturated carbocycles. The van der Waals surface area contributed by atoms with Gasteiger partial charge in [-0.05, 0) is 19.1 Å². The monoisotopic (exact) mass is 287 g/mol. The second kappa shape index (κ2) is 7.85. The van der Waals surface area contributed by atoms with Gasteiger partial charge in [0.1, 0.15) is 18.1 Å². The smallest absolute Gasteiger partial charge is 0.322 e. The molecule has 0 amide bonds. The Morgan fingerprint density at radius 1 is 1.63 bits per heavy atom. The van der Waals surface area contributed by atoms with Gasteiger partial charge in [-0.15, -0.1) is 0 Å². The van der Waals surface area contributed by atoms with Gasteiger partial charge in [0, 0.05) is 6.07 Å². The molecule has 1 aromatic heterocycles. The highest BCUT2D eigenvalue weighted by atomic mass is 32.2. The third-order valence-electron chi connectivity index (χ3n) is 2.27. The van der Waals surface area contributed by atoms with Gasteiger partial charge in [-0.25, -0.2) is 0 Å². The van der Waals surface area contributed by atoms with E-state index in [-0.39, 0.29) is 0 Å². The van der Waals surface area contributed by atoms with Gasteiger partial charge < -0.3 is 20.0 Å². The number of rotatable bonds is 7. The maximum Gasteiger partial charge on any atom is 0.322 e. The maximum absolute atomic E-state index is 11.2. The van der Waals surface area contributed by atoms with Crippen molar-refractivity contribution in [2.75, 3.05) is 12.4 Å². The number of ether oxygens (including phenoxy) is 1. The van der Waals surface area contributed by atoms with Crippen LogP contribution in [0.15, 0.2) is 21.5 Å². The van der Waals surface area contributed by atoms with Gasteiger partial charge in [0.2, 0.25) is 5.43 Å². The summed E-state index contributed by atoms with van der Waals surface area (Å²) in [6.07, 6.45) is 1.51. The molecule has 1 aromatic rings. The van der Waals surface area contributed by atoms with Gasteiger partial charge in [0.15, 0.2) is 5.75 Å². The van der Waals surface area contributed by atoms with Crippen LogP contribution in [0.5, 0.6) is 5.75 Å². The molecule has 1 heterocycles. The average molecular weight is 287 g/mol. The number of aromatic hydroxyl groups is 1. The Balaban J connectivity index is 2.29. The molecule has 6 nitrogen and oxygen atoms in total. The largest absolute Gasteiger partial charge is 0.502 e. The second-order valence-corrected chi connectivity index (χ2v) is 4.90. The Morgan fingerprint density at radius 3 is 3.00 bits per heavy atom. The van der Waals surface area contributed by atoms with E-state index in [9.17, 15) is 9.59 Å². The van der Waals surface area contributed by atoms with Gasteiger partial charge in [0.25, 0.3) is 0 Å². The van der Waals surface area contributed by atoms with Crippen LogP contribution in [0, 0.1) is 0 Å². The van der Waals surface area contributed by atoms with Crippen molar-refractivity contribution in [2.45, 2.75) is 25.1 Å². The molecule has 106 valence electrons. The number of esters is 1. The molecule has 0 aliphatic carbocycles. The van der Waals surface area contributed by atoms with Crippen molar-refractivity contribution in [3.63, 3.8) is 0 Å². The molecule has 1 atom stereocenters. The van der Waals surface area contributed by atoms with Crippen molar-refractivity contribution >= 4 is 17.7 Å². The summed E-state index contributed by atoms with van der Waals surface area (Å²) in [6, 6.07) is 0.618. The minimum Gasteiger partial charge on any atom is -0.502 e. The van der Waals surface area contributed by atoms with E-state index in [2.05, 4.69) is 0 Å². The summed E-state index contributed by atoms with van der Waals surface area (Å²) in [5.41, 5.74) is 5.16. The first-order valence-corrected chi connectivity index (χ1v) is 7.00. The Hall–Kier alpha value is -1.47. The van der Waals surface area contributed by atoms with Crippen molar-refractivity contribution in [1.29, 1.82) is 0 Å². The first kappa shape index (κ1) is 15.6. The van der Waals surface area contributed by atoms with E-state index in [0.717, 1.165) is 6.26 Å². The summed E-state index contributed by atoms with van der Waals surface area (Å²) in [5, 5.41) is 9.02. The molecular formula is C12H17NO5S. The van der Waals surface area contributed by atoms with Crippen LogP contribution in [0.4, 0.5) is 0 Å². The van der Waals surface area contributed by atoms with Gasteiger partial charge >= 0.3 is 5.97 Å². The van der Waals surface area contributed by atoms with Crippen molar-refractivity contribution in [3.05, 3.63) is 28.3 Å². The molecule has 0 saturated heterocycles. The van der Waals surface area contributed by atoms with Crippen LogP contribution < -0.4 is 11.2 Å². The molecular weight excluding hydrogens is 270 g/mol. The van der Waals surface area contributed by atoms with Crippen molar-refractivity contribution in [3.8, 4) is 5.75 Å². The number of carbonyl (C=O) groups is 1. The highest BCUT2D eigenvalue weighted by Crippen LogP contribution is 2.14. The van der Waals surface area contributed by atoms with Gasteiger partial charge in [-0.2, -0.15) is 11.8 Å². The molecule has 19 heavy (non-hydrogen) atoms. The number of nitrogens with two attached hydrogens (primary N) is 1. The Morgan fingerprint density at radius 2 is 2.37 bits per heavy atom. The standard InChI is InChI=1S/C12H17NO5S/c1-2-17-12(16)9(13)3-4-19-7-8-5-10(14)11(15)6-18-8/h5-6,9,15H,2-4,7,13H2,1H3. The van der Waals surface area contributed by atoms with Gasteiger partial charge in [-0.1, -0.05) is 0 Å². The predicted molar refractivity (Wildman–Crippen MR) is 72.0 cm³/mol. The summed E-state index contributed by atoms with van der Waals surface area (Å²) < 4.78 is 9.83. The van der Waals surface area contributed by atoms with E-state index in [0.29, 0.717) is 30.3 Å². The van der Waals surface area contributed by atoms with E-state index in [1.54, 1.807) is 6.92 Å². The predicted octanol–water partition coefficient (Wildman–Crippen LogP) is 0.859. The van der Waals surface area contributed by atoms with Crippen molar-refractivity contribution in [2.24, 2.45) is 5.73 Å². The molecule has 0 radical (unpaired) electrons. The van der Waals surface area contributed by atoms with Crippen LogP contribution in [-0.4, -0.2) is 29.5 Å². The van der Waals surface area contributed by atoms with Crippen molar-refractivity contribution < 1.29 is 19.1 Å². The minimum absolute atomic E-state index is 0.318. The Kier molecular flexibility index (Phi) is 6.44. The summed E-state index contributed by atoms with van der Waals surface area (Å²) in [6.45, 7) is 2.05. The zero-order valence-electron chi connectivity index (χ0n) is 10.6. The van der Waals surface area contributed by atoms with E-state index in [1.165, 1.54) is 17.8 Å². The molecule has 0 aliphatic rings. The number of hydrogen-bond donors (Lipinski definition) is 2. The van der Waals surface area contributed by atoms with Crippen LogP contribution in [0.25, 0.3) is 0 Å². The molecule has 0 fully saturated rings. The zero-order valence-corrected chi connectivity index (χ0v) is 11.4. The van der Waals surface area contributed by atoms with E-state index < -0.39 is 23.2 Å². The fraction of sp³-hybridized carbons (Fsp3) is 0.500. The average Bonchev–Trinajstić information content (AvgIpc) is 2.38. The minimum atomic E-state index is -0.626. The molecule has 0 aliphatic heterocycles. The number of hydrogen-bond acceptors (Lipinski definition) is 7. The van der Waals surface area contributed by atoms with Crippen LogP contribution in [0.2, 0.25) is 0 Å². The second-order valence-electron chi connectivity index (χ2n) is 3.80. The third-order valence-corrected chi connectivity index (χ3v) is 3.29. The van der Waals surface area contributed by atoms with E-state index >= 15 is 0 Å². The van der Waals surface area contributed by atoms with E-state index in [4.69, 9.17) is 20.0 Å². The van der Waals surface area contributed by atoms with Crippen LogP contribution in [0.3, 0.4) is 0 Å². The normalized spacial score (nSPS) is 12.1. The molecule has 0 bridgehead atoms. The highest BCUT2D eigenvalue weighted by molar-refractivity contribution is 7.98. The summed E-state index contributed by atoms with van der Waals surface area (Å²) >= 11 is 1.48. The quantitative estimate of drug-likeness (QED) is 0.566. The van der Waals surface area contributed by atoms with Gasteiger partial charge in [-0.3, -0.25) is 9.59 Å². The fourth-order valence-electron chi connectivity index (χ4n) is 1.27. The van der Waals surface area contributed by atoms with E-state index in [1.807, 2.05) is 0 Å². The third kappa shape index (κ3) is 5.35. The number of thioether (sulfide) groups is 1. The fourth-order valence-corrected chi connectivity index (χ4v) is 2.19. The molecule has 1 rings (SSSR count). The summed E-state index contributed by atoms with van der Waals surface area (Å²) in [7, 11) is 0. The maximum atomic E-state index is 11.2. The first-order chi connectivity index (χ1) is 9.04. The summed E-state index contributed by atoms with van der Waals surface area (Å²) in [5.74, 6) is 0.783. The van der Waals surface area contributed by atoms with Crippen molar-refractivity contribution in [1.82, 2.24) is 0 Å². The van der Waals surface area contributed by atoms with Gasteiger partial charge in [0.05, 0.1) is 12.4 Å². The first-order valence-electron chi connectivity index (χ1n) is 5.85. The molecule has 3 N–H and O–H groups in total. The lowest BCUT2D eigenvalue weighted by atomic mass is 10.2. The Bertz CT molecular complexity index is 473. The van der Waals surface area contributed by atoms with Crippen LogP contribution in [0.1, 0.15) is 19.1 Å². The highest BCUT2D eigenvalue weighted by Gasteiger charge is 2.13. The van der Waals surface area contributed by atoms with Crippen LogP contribution >= 0.6 is 11.8 Å². The lowest BCUT2D eigenvalue weighted by molar-refractivity contribution is -0.144. The SMILES string of the molecule is CCOC(=O)C(N)CCSCc1cc(=O)c(O)co1. The molecule has 0 aromatic carbocycles. The Labute approximate surface area is 114 Å². The molecule has 7 heteroatoms. The summed E-state index contributed by atoms with van der Waals surface area (Å²) in [4.78, 5) is 22.4. The zero-order chi connectivity index (χ0) is 14.3. The topological polar surface area (TPSA) is 103 Å².